The molecule has 0 unspecified atom stereocenters. The first-order valence-corrected chi connectivity index (χ1v) is 8.51. The molecule has 1 fully saturated rings. The van der Waals surface area contributed by atoms with Crippen molar-refractivity contribution in [2.45, 2.75) is 30.1 Å². The van der Waals surface area contributed by atoms with Crippen LogP contribution in [0.3, 0.4) is 0 Å². The van der Waals surface area contributed by atoms with Crippen molar-refractivity contribution in [3.05, 3.63) is 18.2 Å². The van der Waals surface area contributed by atoms with Gasteiger partial charge in [-0.2, -0.15) is 4.31 Å². The first-order chi connectivity index (χ1) is 11.2. The number of alkyl halides is 2. The van der Waals surface area contributed by atoms with Gasteiger partial charge in [0.05, 0.1) is 4.90 Å². The van der Waals surface area contributed by atoms with Gasteiger partial charge in [-0.3, -0.25) is 0 Å². The van der Waals surface area contributed by atoms with Crippen LogP contribution in [0, 0.1) is 0 Å². The fourth-order valence-electron chi connectivity index (χ4n) is 2.65. The number of halogens is 2. The van der Waals surface area contributed by atoms with Crippen molar-refractivity contribution in [3.63, 3.8) is 0 Å². The molecule has 0 spiro atoms. The number of ether oxygens (including phenoxy) is 2. The number of benzene rings is 1. The zero-order chi connectivity index (χ0) is 17.5. The molecule has 8 nitrogen and oxygen atoms in total. The van der Waals surface area contributed by atoms with E-state index in [4.69, 9.17) is 5.11 Å². The Bertz CT molecular complexity index is 762. The molecule has 2 heterocycles. The van der Waals surface area contributed by atoms with E-state index in [-0.39, 0.29) is 35.5 Å². The molecular weight excluding hydrogens is 350 g/mol. The maximum atomic E-state index is 13.0. The van der Waals surface area contributed by atoms with Gasteiger partial charge in [-0.1, -0.05) is 0 Å². The van der Waals surface area contributed by atoms with E-state index in [0.717, 1.165) is 12.1 Å². The van der Waals surface area contributed by atoms with Crippen LogP contribution in [0.25, 0.3) is 0 Å². The second-order valence-corrected chi connectivity index (χ2v) is 7.34. The zero-order valence-corrected chi connectivity index (χ0v) is 13.1. The highest BCUT2D eigenvalue weighted by Crippen LogP contribution is 2.42. The first kappa shape index (κ1) is 16.7. The maximum Gasteiger partial charge on any atom is 0.586 e. The van der Waals surface area contributed by atoms with Crippen molar-refractivity contribution in [2.75, 3.05) is 13.1 Å². The van der Waals surface area contributed by atoms with E-state index in [1.807, 2.05) is 0 Å². The van der Waals surface area contributed by atoms with Crippen molar-refractivity contribution in [1.29, 1.82) is 0 Å². The number of hydrogen-bond acceptors (Lipinski definition) is 5. The number of piperidine rings is 1. The van der Waals surface area contributed by atoms with E-state index in [9.17, 15) is 22.0 Å². The average Bonchev–Trinajstić information content (AvgIpc) is 2.79. The van der Waals surface area contributed by atoms with Crippen LogP contribution in [0.1, 0.15) is 12.8 Å². The van der Waals surface area contributed by atoms with Gasteiger partial charge in [0.25, 0.3) is 0 Å². The Kier molecular flexibility index (Phi) is 4.00. The summed E-state index contributed by atoms with van der Waals surface area (Å²) in [6.07, 6.45) is -4.32. The Balaban J connectivity index is 1.75. The van der Waals surface area contributed by atoms with Crippen LogP contribution in [0.5, 0.6) is 11.5 Å². The summed E-state index contributed by atoms with van der Waals surface area (Å²) in [5.41, 5.74) is 0. The molecule has 0 aliphatic carbocycles. The molecule has 1 amide bonds. The minimum absolute atomic E-state index is 0.123. The number of carboxylic acid groups (broad SMARTS) is 1. The normalized spacial score (nSPS) is 20.8. The van der Waals surface area contributed by atoms with Gasteiger partial charge in [0.2, 0.25) is 10.0 Å². The Morgan fingerprint density at radius 2 is 1.88 bits per heavy atom. The number of fused-ring (bicyclic) bond motifs is 1. The van der Waals surface area contributed by atoms with Crippen LogP contribution in [0.2, 0.25) is 0 Å². The van der Waals surface area contributed by atoms with Crippen LogP contribution >= 0.6 is 0 Å². The summed E-state index contributed by atoms with van der Waals surface area (Å²) in [5.74, 6) is -0.577. The van der Waals surface area contributed by atoms with Gasteiger partial charge < -0.3 is 19.9 Å². The van der Waals surface area contributed by atoms with E-state index in [1.54, 1.807) is 0 Å². The Labute approximate surface area is 136 Å². The first-order valence-electron chi connectivity index (χ1n) is 7.07. The number of rotatable bonds is 3. The van der Waals surface area contributed by atoms with Crippen LogP contribution < -0.4 is 14.8 Å². The second kappa shape index (κ2) is 5.74. The van der Waals surface area contributed by atoms with Crippen LogP contribution in [-0.2, 0) is 10.0 Å². The van der Waals surface area contributed by atoms with E-state index in [0.29, 0.717) is 12.8 Å². The summed E-state index contributed by atoms with van der Waals surface area (Å²) in [6.45, 7) is 0.246. The summed E-state index contributed by atoms with van der Waals surface area (Å²) < 4.78 is 60.9. The Hall–Kier alpha value is -2.14. The van der Waals surface area contributed by atoms with Crippen molar-refractivity contribution in [3.8, 4) is 11.5 Å². The SMILES string of the molecule is O=C(O)NC1CCN(S(=O)(=O)c2ccc3c(c2)OC(F)(F)O3)CC1. The lowest BCUT2D eigenvalue weighted by Crippen LogP contribution is -2.46. The topological polar surface area (TPSA) is 105 Å². The van der Waals surface area contributed by atoms with Gasteiger partial charge in [0, 0.05) is 25.2 Å². The molecule has 132 valence electrons. The fourth-order valence-corrected chi connectivity index (χ4v) is 4.14. The van der Waals surface area contributed by atoms with Gasteiger partial charge >= 0.3 is 12.4 Å². The molecule has 11 heteroatoms. The monoisotopic (exact) mass is 364 g/mol. The highest BCUT2D eigenvalue weighted by Gasteiger charge is 2.44. The lowest BCUT2D eigenvalue weighted by Gasteiger charge is -2.31. The molecule has 0 radical (unpaired) electrons. The van der Waals surface area contributed by atoms with Gasteiger partial charge in [-0.15, -0.1) is 8.78 Å². The van der Waals surface area contributed by atoms with Crippen molar-refractivity contribution < 1.29 is 36.6 Å². The predicted molar refractivity (Wildman–Crippen MR) is 75.6 cm³/mol. The molecule has 24 heavy (non-hydrogen) atoms. The molecule has 0 aromatic heterocycles. The fraction of sp³-hybridized carbons (Fsp3) is 0.462. The van der Waals surface area contributed by atoms with Crippen molar-refractivity contribution in [1.82, 2.24) is 9.62 Å². The summed E-state index contributed by atoms with van der Waals surface area (Å²) in [5, 5.41) is 11.0. The van der Waals surface area contributed by atoms with E-state index in [1.165, 1.54) is 10.4 Å². The summed E-state index contributed by atoms with van der Waals surface area (Å²) in [7, 11) is -3.90. The van der Waals surface area contributed by atoms with Crippen LogP contribution in [0.15, 0.2) is 23.1 Å². The highest BCUT2D eigenvalue weighted by molar-refractivity contribution is 7.89. The summed E-state index contributed by atoms with van der Waals surface area (Å²) >= 11 is 0. The maximum absolute atomic E-state index is 13.0. The largest absolute Gasteiger partial charge is 0.586 e. The number of amides is 1. The molecule has 2 aliphatic heterocycles. The minimum Gasteiger partial charge on any atom is -0.465 e. The summed E-state index contributed by atoms with van der Waals surface area (Å²) in [6, 6.07) is 2.96. The van der Waals surface area contributed by atoms with Gasteiger partial charge in [-0.05, 0) is 25.0 Å². The van der Waals surface area contributed by atoms with Gasteiger partial charge in [0.1, 0.15) is 0 Å². The lowest BCUT2D eigenvalue weighted by molar-refractivity contribution is -0.286. The third-order valence-electron chi connectivity index (χ3n) is 3.79. The molecule has 1 saturated heterocycles. The number of carbonyl (C=O) groups is 1. The Morgan fingerprint density at radius 3 is 2.50 bits per heavy atom. The molecule has 1 aromatic carbocycles. The van der Waals surface area contributed by atoms with Gasteiger partial charge in [0.15, 0.2) is 11.5 Å². The molecular formula is C13H14F2N2O6S. The number of sulfonamides is 1. The van der Waals surface area contributed by atoms with E-state index >= 15 is 0 Å². The molecule has 1 aromatic rings. The smallest absolute Gasteiger partial charge is 0.465 e. The predicted octanol–water partition coefficient (Wildman–Crippen LogP) is 1.43. The minimum atomic E-state index is -3.90. The standard InChI is InChI=1S/C13H14F2N2O6S/c14-13(15)22-10-2-1-9(7-11(10)23-13)24(20,21)17-5-3-8(4-6-17)16-12(18)19/h1-2,7-8,16H,3-6H2,(H,18,19). The van der Waals surface area contributed by atoms with Crippen molar-refractivity contribution >= 4 is 16.1 Å². The number of hydrogen-bond donors (Lipinski definition) is 2. The third kappa shape index (κ3) is 3.22. The number of nitrogens with zero attached hydrogens (tertiary/aromatic N) is 1. The molecule has 0 saturated carbocycles. The quantitative estimate of drug-likeness (QED) is 0.841. The third-order valence-corrected chi connectivity index (χ3v) is 5.69. The van der Waals surface area contributed by atoms with Crippen molar-refractivity contribution in [2.24, 2.45) is 0 Å². The molecule has 3 rings (SSSR count). The Morgan fingerprint density at radius 1 is 1.25 bits per heavy atom. The van der Waals surface area contributed by atoms with Crippen LogP contribution in [0.4, 0.5) is 13.6 Å². The van der Waals surface area contributed by atoms with Crippen LogP contribution in [-0.4, -0.2) is 49.3 Å². The molecule has 2 N–H and O–H groups in total. The molecule has 0 atom stereocenters. The van der Waals surface area contributed by atoms with E-state index in [2.05, 4.69) is 14.8 Å². The average molecular weight is 364 g/mol. The molecule has 2 aliphatic rings. The van der Waals surface area contributed by atoms with E-state index < -0.39 is 22.4 Å². The summed E-state index contributed by atoms with van der Waals surface area (Å²) in [4.78, 5) is 10.4. The lowest BCUT2D eigenvalue weighted by atomic mass is 10.1. The zero-order valence-electron chi connectivity index (χ0n) is 12.2. The molecule has 0 bridgehead atoms. The number of nitrogens with one attached hydrogen (secondary N) is 1. The van der Waals surface area contributed by atoms with Gasteiger partial charge in [-0.25, -0.2) is 13.2 Å². The highest BCUT2D eigenvalue weighted by atomic mass is 32.2. The second-order valence-electron chi connectivity index (χ2n) is 5.40.